The monoisotopic (exact) mass is 247 g/mol. The molecule has 94 valence electrons. The van der Waals surface area contributed by atoms with E-state index in [0.717, 1.165) is 13.2 Å². The third-order valence-electron chi connectivity index (χ3n) is 2.11. The molecule has 0 radical (unpaired) electrons. The lowest BCUT2D eigenvalue weighted by molar-refractivity contribution is -0.139. The van der Waals surface area contributed by atoms with Gasteiger partial charge in [-0.25, -0.2) is 8.78 Å². The van der Waals surface area contributed by atoms with Crippen molar-refractivity contribution in [3.63, 3.8) is 0 Å². The fourth-order valence-electron chi connectivity index (χ4n) is 1.30. The van der Waals surface area contributed by atoms with Gasteiger partial charge in [-0.3, -0.25) is 9.59 Å². The number of H-pyrrole nitrogens is 1. The molecule has 17 heavy (non-hydrogen) atoms. The number of alkyl halides is 2. The number of halogens is 2. The quantitative estimate of drug-likeness (QED) is 0.807. The maximum Gasteiger partial charge on any atom is 0.311 e. The Morgan fingerprint density at radius 2 is 2.12 bits per heavy atom. The SMILES string of the molecule is COC(=O)Cc1[nH]c(OC)cc(=O)c1C(F)F. The molecule has 1 heterocycles. The first kappa shape index (κ1) is 13.1. The maximum atomic E-state index is 12.7. The van der Waals surface area contributed by atoms with Crippen LogP contribution in [0.2, 0.25) is 0 Å². The largest absolute Gasteiger partial charge is 0.482 e. The van der Waals surface area contributed by atoms with Crippen molar-refractivity contribution in [2.45, 2.75) is 12.8 Å². The molecule has 0 aliphatic rings. The van der Waals surface area contributed by atoms with E-state index < -0.39 is 29.8 Å². The van der Waals surface area contributed by atoms with Crippen molar-refractivity contribution in [1.29, 1.82) is 0 Å². The van der Waals surface area contributed by atoms with Crippen molar-refractivity contribution in [3.05, 3.63) is 27.5 Å². The van der Waals surface area contributed by atoms with Gasteiger partial charge in [0.05, 0.1) is 26.2 Å². The van der Waals surface area contributed by atoms with Crippen molar-refractivity contribution >= 4 is 5.97 Å². The summed E-state index contributed by atoms with van der Waals surface area (Å²) in [6, 6.07) is 0.905. The molecule has 5 nitrogen and oxygen atoms in total. The zero-order valence-corrected chi connectivity index (χ0v) is 9.25. The van der Waals surface area contributed by atoms with E-state index >= 15 is 0 Å². The summed E-state index contributed by atoms with van der Waals surface area (Å²) in [5.41, 5.74) is -1.82. The number of ether oxygens (including phenoxy) is 2. The van der Waals surface area contributed by atoms with Crippen molar-refractivity contribution in [2.24, 2.45) is 0 Å². The molecule has 0 fully saturated rings. The topological polar surface area (TPSA) is 68.4 Å². The molecule has 0 unspecified atom stereocenters. The lowest BCUT2D eigenvalue weighted by Crippen LogP contribution is -2.18. The smallest absolute Gasteiger partial charge is 0.311 e. The Bertz CT molecular complexity index is 470. The zero-order chi connectivity index (χ0) is 13.0. The van der Waals surface area contributed by atoms with E-state index in [1.54, 1.807) is 0 Å². The highest BCUT2D eigenvalue weighted by Gasteiger charge is 2.21. The fourth-order valence-corrected chi connectivity index (χ4v) is 1.30. The van der Waals surface area contributed by atoms with Crippen molar-refractivity contribution < 1.29 is 23.0 Å². The average Bonchev–Trinajstić information content (AvgIpc) is 2.27. The van der Waals surface area contributed by atoms with Crippen LogP contribution in [0.5, 0.6) is 5.88 Å². The molecule has 0 saturated carbocycles. The highest BCUT2D eigenvalue weighted by molar-refractivity contribution is 5.72. The minimum absolute atomic E-state index is 0.0123. The Hall–Kier alpha value is -1.92. The summed E-state index contributed by atoms with van der Waals surface area (Å²) in [4.78, 5) is 24.9. The van der Waals surface area contributed by atoms with Gasteiger partial charge >= 0.3 is 5.97 Å². The van der Waals surface area contributed by atoms with Gasteiger partial charge in [-0.2, -0.15) is 0 Å². The van der Waals surface area contributed by atoms with Gasteiger partial charge in [0.15, 0.2) is 11.3 Å². The minimum Gasteiger partial charge on any atom is -0.482 e. The van der Waals surface area contributed by atoms with Crippen LogP contribution in [-0.4, -0.2) is 25.2 Å². The highest BCUT2D eigenvalue weighted by atomic mass is 19.3. The van der Waals surface area contributed by atoms with E-state index in [1.165, 1.54) is 7.11 Å². The first-order valence-corrected chi connectivity index (χ1v) is 4.64. The zero-order valence-electron chi connectivity index (χ0n) is 9.25. The molecular weight excluding hydrogens is 236 g/mol. The first-order valence-electron chi connectivity index (χ1n) is 4.64. The van der Waals surface area contributed by atoms with Crippen LogP contribution in [0.25, 0.3) is 0 Å². The van der Waals surface area contributed by atoms with Gasteiger partial charge in [0, 0.05) is 11.8 Å². The number of esters is 1. The molecule has 1 aromatic rings. The molecule has 0 aliphatic heterocycles. The number of hydrogen-bond acceptors (Lipinski definition) is 4. The van der Waals surface area contributed by atoms with Gasteiger partial charge in [0.1, 0.15) is 0 Å². The van der Waals surface area contributed by atoms with Gasteiger partial charge in [-0.15, -0.1) is 0 Å². The Morgan fingerprint density at radius 3 is 2.59 bits per heavy atom. The summed E-state index contributed by atoms with van der Waals surface area (Å²) in [6.07, 6.45) is -3.41. The highest BCUT2D eigenvalue weighted by Crippen LogP contribution is 2.20. The number of carbonyl (C=O) groups is 1. The van der Waals surface area contributed by atoms with E-state index in [1.807, 2.05) is 0 Å². The molecule has 0 saturated heterocycles. The summed E-state index contributed by atoms with van der Waals surface area (Å²) in [5, 5.41) is 0. The van der Waals surface area contributed by atoms with E-state index in [-0.39, 0.29) is 11.6 Å². The van der Waals surface area contributed by atoms with E-state index in [9.17, 15) is 18.4 Å². The van der Waals surface area contributed by atoms with Gasteiger partial charge < -0.3 is 14.5 Å². The number of aromatic nitrogens is 1. The third kappa shape index (κ3) is 3.02. The fraction of sp³-hybridized carbons (Fsp3) is 0.400. The normalized spacial score (nSPS) is 10.4. The van der Waals surface area contributed by atoms with Crippen LogP contribution >= 0.6 is 0 Å². The molecule has 1 N–H and O–H groups in total. The Balaban J connectivity index is 3.27. The molecule has 0 aromatic carbocycles. The van der Waals surface area contributed by atoms with Crippen LogP contribution in [0.3, 0.4) is 0 Å². The van der Waals surface area contributed by atoms with E-state index in [2.05, 4.69) is 9.72 Å². The van der Waals surface area contributed by atoms with Crippen LogP contribution in [0, 0.1) is 0 Å². The Kier molecular flexibility index (Phi) is 4.19. The van der Waals surface area contributed by atoms with Crippen LogP contribution < -0.4 is 10.2 Å². The standard InChI is InChI=1S/C10H11F2NO4/c1-16-7-4-6(14)9(10(11)12)5(13-7)3-8(15)17-2/h4,10H,3H2,1-2H3,(H,13,14). The number of rotatable bonds is 4. The lowest BCUT2D eigenvalue weighted by Gasteiger charge is -2.09. The molecule has 0 spiro atoms. The third-order valence-corrected chi connectivity index (χ3v) is 2.11. The van der Waals surface area contributed by atoms with Gasteiger partial charge in [-0.1, -0.05) is 0 Å². The van der Waals surface area contributed by atoms with Gasteiger partial charge in [-0.05, 0) is 0 Å². The molecule has 7 heteroatoms. The predicted octanol–water partition coefficient (Wildman–Crippen LogP) is 1.04. The average molecular weight is 247 g/mol. The first-order chi connectivity index (χ1) is 7.99. The van der Waals surface area contributed by atoms with Crippen LogP contribution in [0.1, 0.15) is 17.7 Å². The van der Waals surface area contributed by atoms with Crippen molar-refractivity contribution in [2.75, 3.05) is 14.2 Å². The summed E-state index contributed by atoms with van der Waals surface area (Å²) in [6.45, 7) is 0. The molecule has 0 bridgehead atoms. The molecule has 0 amide bonds. The summed E-state index contributed by atoms with van der Waals surface area (Å²) < 4.78 is 34.4. The maximum absolute atomic E-state index is 12.7. The van der Waals surface area contributed by atoms with E-state index in [0.29, 0.717) is 0 Å². The van der Waals surface area contributed by atoms with E-state index in [4.69, 9.17) is 4.74 Å². The number of methoxy groups -OCH3 is 2. The Labute approximate surface area is 95.4 Å². The number of aromatic amines is 1. The van der Waals surface area contributed by atoms with Gasteiger partial charge in [0.25, 0.3) is 6.43 Å². The van der Waals surface area contributed by atoms with Crippen molar-refractivity contribution in [1.82, 2.24) is 4.98 Å². The summed E-state index contributed by atoms with van der Waals surface area (Å²) >= 11 is 0. The molecule has 1 rings (SSSR count). The predicted molar refractivity (Wildman–Crippen MR) is 54.3 cm³/mol. The number of pyridine rings is 1. The van der Waals surface area contributed by atoms with Crippen LogP contribution in [-0.2, 0) is 16.0 Å². The number of hydrogen-bond donors (Lipinski definition) is 1. The second-order valence-electron chi connectivity index (χ2n) is 3.15. The molecule has 1 aromatic heterocycles. The minimum atomic E-state index is -2.97. The lowest BCUT2D eigenvalue weighted by atomic mass is 10.1. The number of nitrogens with one attached hydrogen (secondary N) is 1. The summed E-state index contributed by atoms with van der Waals surface area (Å²) in [5.74, 6) is -0.714. The van der Waals surface area contributed by atoms with Crippen LogP contribution in [0.4, 0.5) is 8.78 Å². The molecule has 0 atom stereocenters. The summed E-state index contributed by atoms with van der Waals surface area (Å²) in [7, 11) is 2.40. The van der Waals surface area contributed by atoms with Gasteiger partial charge in [0.2, 0.25) is 0 Å². The molecule has 0 aliphatic carbocycles. The Morgan fingerprint density at radius 1 is 1.47 bits per heavy atom. The molecular formula is C10H11F2NO4. The number of carbonyl (C=O) groups excluding carboxylic acids is 1. The van der Waals surface area contributed by atoms with Crippen molar-refractivity contribution in [3.8, 4) is 5.88 Å². The second kappa shape index (κ2) is 5.42. The van der Waals surface area contributed by atoms with Crippen LogP contribution in [0.15, 0.2) is 10.9 Å². The second-order valence-corrected chi connectivity index (χ2v) is 3.15.